The second-order valence-corrected chi connectivity index (χ2v) is 9.49. The fraction of sp³-hybridized carbons (Fsp3) is 0.182. The Balaban J connectivity index is 1.31. The molecule has 0 bridgehead atoms. The van der Waals surface area contributed by atoms with Crippen LogP contribution >= 0.6 is 0 Å². The molecule has 8 nitrogen and oxygen atoms in total. The Morgan fingerprint density at radius 3 is 1.24 bits per heavy atom. The van der Waals surface area contributed by atoms with Gasteiger partial charge in [0.15, 0.2) is 6.10 Å². The second-order valence-electron chi connectivity index (χ2n) is 9.49. The lowest BCUT2D eigenvalue weighted by Crippen LogP contribution is -2.31. The molecular weight excluding hydrogens is 516 g/mol. The van der Waals surface area contributed by atoms with Gasteiger partial charge in [0, 0.05) is 5.57 Å². The summed E-state index contributed by atoms with van der Waals surface area (Å²) < 4.78 is 17.3. The molecule has 0 spiro atoms. The highest BCUT2D eigenvalue weighted by Gasteiger charge is 2.17. The van der Waals surface area contributed by atoms with Gasteiger partial charge in [0.1, 0.15) is 24.7 Å². The molecule has 0 atom stereocenters. The minimum absolute atomic E-state index is 0.0894. The smallest absolute Gasteiger partial charge is 0.333 e. The molecule has 0 aliphatic heterocycles. The van der Waals surface area contributed by atoms with E-state index in [2.05, 4.69) is 27.0 Å². The van der Waals surface area contributed by atoms with Gasteiger partial charge in [-0.15, -0.1) is 0 Å². The maximum atomic E-state index is 12.2. The predicted molar refractivity (Wildman–Crippen MR) is 159 cm³/mol. The zero-order chi connectivity index (χ0) is 29.0. The molecule has 0 unspecified atom stereocenters. The van der Waals surface area contributed by atoms with Crippen molar-refractivity contribution in [2.75, 3.05) is 13.2 Å². The molecule has 4 aromatic rings. The quantitative estimate of drug-likeness (QED) is 0.100. The normalized spacial score (nSPS) is 11.9. The Morgan fingerprint density at radius 2 is 0.927 bits per heavy atom. The lowest BCUT2D eigenvalue weighted by atomic mass is 10.2. The van der Waals surface area contributed by atoms with Gasteiger partial charge in [-0.05, 0) is 93.6 Å². The molecule has 0 aromatic heterocycles. The molecule has 0 radical (unpaired) electrons. The van der Waals surface area contributed by atoms with E-state index in [0.29, 0.717) is 28.4 Å². The molecule has 41 heavy (non-hydrogen) atoms. The van der Waals surface area contributed by atoms with Crippen molar-refractivity contribution >= 4 is 28.7 Å². The van der Waals surface area contributed by atoms with Crippen molar-refractivity contribution in [3.05, 3.63) is 120 Å². The molecule has 4 aromatic carbocycles. The minimum atomic E-state index is -0.666. The molecule has 0 saturated carbocycles. The molecule has 0 aliphatic rings. The summed E-state index contributed by atoms with van der Waals surface area (Å²) in [5, 5.41) is 17.0. The Morgan fingerprint density at radius 1 is 0.610 bits per heavy atom. The second kappa shape index (κ2) is 14.3. The van der Waals surface area contributed by atoms with Gasteiger partial charge in [0.25, 0.3) is 0 Å². The monoisotopic (exact) mass is 548 g/mol. The van der Waals surface area contributed by atoms with Crippen molar-refractivity contribution in [1.82, 2.24) is 0 Å². The zero-order valence-electron chi connectivity index (χ0n) is 23.4. The molecule has 0 fully saturated rings. The summed E-state index contributed by atoms with van der Waals surface area (Å²) in [7, 11) is 0. The first-order chi connectivity index (χ1) is 19.8. The Bertz CT molecular complexity index is 1390. The third kappa shape index (κ3) is 9.54. The van der Waals surface area contributed by atoms with E-state index in [9.17, 15) is 4.79 Å². The molecule has 0 aliphatic carbocycles. The van der Waals surface area contributed by atoms with Crippen LogP contribution in [0.3, 0.4) is 0 Å². The SMILES string of the molecule is C=C(C)C(=O)OC(COc1ccc(N=Nc2ccc(C)cc2)cc1)COc1ccc(N=Nc2ccc(C)cc2)cc1. The van der Waals surface area contributed by atoms with Crippen molar-refractivity contribution in [1.29, 1.82) is 0 Å². The topological polar surface area (TPSA) is 94.2 Å². The number of ether oxygens (including phenoxy) is 3. The summed E-state index contributed by atoms with van der Waals surface area (Å²) in [6.07, 6.45) is -0.666. The molecule has 0 saturated heterocycles. The highest BCUT2D eigenvalue weighted by molar-refractivity contribution is 5.87. The lowest BCUT2D eigenvalue weighted by molar-refractivity contribution is -0.147. The van der Waals surface area contributed by atoms with Crippen LogP contribution in [0.4, 0.5) is 22.7 Å². The van der Waals surface area contributed by atoms with E-state index in [1.807, 2.05) is 62.4 Å². The molecule has 8 heteroatoms. The van der Waals surface area contributed by atoms with Crippen LogP contribution in [-0.2, 0) is 9.53 Å². The van der Waals surface area contributed by atoms with Gasteiger partial charge >= 0.3 is 5.97 Å². The predicted octanol–water partition coefficient (Wildman–Crippen LogP) is 9.08. The maximum absolute atomic E-state index is 12.2. The molecule has 208 valence electrons. The summed E-state index contributed by atoms with van der Waals surface area (Å²) in [5.74, 6) is 0.679. The van der Waals surface area contributed by atoms with E-state index in [1.54, 1.807) is 55.5 Å². The number of azo groups is 2. The lowest BCUT2D eigenvalue weighted by Gasteiger charge is -2.19. The van der Waals surface area contributed by atoms with Gasteiger partial charge < -0.3 is 14.2 Å². The van der Waals surface area contributed by atoms with Crippen LogP contribution in [0.2, 0.25) is 0 Å². The minimum Gasteiger partial charge on any atom is -0.490 e. The van der Waals surface area contributed by atoms with E-state index in [0.717, 1.165) is 22.5 Å². The Labute approximate surface area is 240 Å². The summed E-state index contributed by atoms with van der Waals surface area (Å²) in [6.45, 7) is 9.47. The first-order valence-electron chi connectivity index (χ1n) is 13.1. The zero-order valence-corrected chi connectivity index (χ0v) is 23.4. The third-order valence-electron chi connectivity index (χ3n) is 5.80. The number of rotatable bonds is 12. The van der Waals surface area contributed by atoms with Gasteiger partial charge in [-0.3, -0.25) is 0 Å². The number of carbonyl (C=O) groups is 1. The van der Waals surface area contributed by atoms with Gasteiger partial charge in [-0.1, -0.05) is 42.0 Å². The molecule has 0 heterocycles. The standard InChI is InChI=1S/C33H32N4O4/c1-23(2)33(38)41-32(21-39-30-17-13-28(14-18-30)36-34-26-9-5-24(3)6-10-26)22-40-31-19-15-29(16-20-31)37-35-27-11-7-25(4)8-12-27/h5-20,32H,1,21-22H2,2-4H3. The summed E-state index contributed by atoms with van der Waals surface area (Å²) in [6, 6.07) is 29.9. The van der Waals surface area contributed by atoms with Gasteiger partial charge in [-0.2, -0.15) is 20.5 Å². The van der Waals surface area contributed by atoms with Crippen LogP contribution in [0, 0.1) is 13.8 Å². The number of hydrogen-bond acceptors (Lipinski definition) is 8. The van der Waals surface area contributed by atoms with Crippen LogP contribution in [-0.4, -0.2) is 25.3 Å². The Hall–Kier alpha value is -5.11. The number of aryl methyl sites for hydroxylation is 2. The largest absolute Gasteiger partial charge is 0.490 e. The Kier molecular flexibility index (Phi) is 10.1. The van der Waals surface area contributed by atoms with Gasteiger partial charge in [0.05, 0.1) is 22.7 Å². The maximum Gasteiger partial charge on any atom is 0.333 e. The third-order valence-corrected chi connectivity index (χ3v) is 5.80. The van der Waals surface area contributed by atoms with Crippen LogP contribution < -0.4 is 9.47 Å². The van der Waals surface area contributed by atoms with Gasteiger partial charge in [0.2, 0.25) is 0 Å². The average Bonchev–Trinajstić information content (AvgIpc) is 2.99. The number of nitrogens with zero attached hydrogens (tertiary/aromatic N) is 4. The molecule has 0 N–H and O–H groups in total. The van der Waals surface area contributed by atoms with Crippen molar-refractivity contribution in [3.8, 4) is 11.5 Å². The first kappa shape index (κ1) is 28.9. The van der Waals surface area contributed by atoms with E-state index in [1.165, 1.54) is 0 Å². The number of benzene rings is 4. The fourth-order valence-electron chi connectivity index (χ4n) is 3.42. The summed E-state index contributed by atoms with van der Waals surface area (Å²) in [5.41, 5.74) is 5.55. The van der Waals surface area contributed by atoms with Crippen molar-refractivity contribution in [3.63, 3.8) is 0 Å². The number of carbonyl (C=O) groups excluding carboxylic acids is 1. The first-order valence-corrected chi connectivity index (χ1v) is 13.1. The molecule has 0 amide bonds. The molecular formula is C33H32N4O4. The van der Waals surface area contributed by atoms with Crippen LogP contribution in [0.25, 0.3) is 0 Å². The van der Waals surface area contributed by atoms with E-state index < -0.39 is 12.1 Å². The summed E-state index contributed by atoms with van der Waals surface area (Å²) in [4.78, 5) is 12.2. The van der Waals surface area contributed by atoms with Crippen LogP contribution in [0.5, 0.6) is 11.5 Å². The van der Waals surface area contributed by atoms with Crippen LogP contribution in [0.1, 0.15) is 18.1 Å². The average molecular weight is 549 g/mol. The van der Waals surface area contributed by atoms with E-state index in [4.69, 9.17) is 14.2 Å². The fourth-order valence-corrected chi connectivity index (χ4v) is 3.42. The van der Waals surface area contributed by atoms with E-state index in [-0.39, 0.29) is 13.2 Å². The highest BCUT2D eigenvalue weighted by atomic mass is 16.6. The van der Waals surface area contributed by atoms with Crippen molar-refractivity contribution in [2.24, 2.45) is 20.5 Å². The number of hydrogen-bond donors (Lipinski definition) is 0. The van der Waals surface area contributed by atoms with E-state index >= 15 is 0 Å². The summed E-state index contributed by atoms with van der Waals surface area (Å²) >= 11 is 0. The van der Waals surface area contributed by atoms with Crippen molar-refractivity contribution < 1.29 is 19.0 Å². The van der Waals surface area contributed by atoms with Crippen molar-refractivity contribution in [2.45, 2.75) is 26.9 Å². The number of esters is 1. The highest BCUT2D eigenvalue weighted by Crippen LogP contribution is 2.23. The van der Waals surface area contributed by atoms with Gasteiger partial charge in [-0.25, -0.2) is 4.79 Å². The van der Waals surface area contributed by atoms with Crippen LogP contribution in [0.15, 0.2) is 130 Å². The molecule has 4 rings (SSSR count).